The predicted octanol–water partition coefficient (Wildman–Crippen LogP) is 3.45. The van der Waals surface area contributed by atoms with E-state index in [4.69, 9.17) is 4.74 Å². The summed E-state index contributed by atoms with van der Waals surface area (Å²) in [6.07, 6.45) is 0.462. The summed E-state index contributed by atoms with van der Waals surface area (Å²) in [5.41, 5.74) is 0.217. The second kappa shape index (κ2) is 5.31. The van der Waals surface area contributed by atoms with E-state index in [1.807, 2.05) is 60.7 Å². The molecule has 0 unspecified atom stereocenters. The lowest BCUT2D eigenvalue weighted by Crippen LogP contribution is -2.28. The zero-order chi connectivity index (χ0) is 15.6. The van der Waals surface area contributed by atoms with Gasteiger partial charge in [0.15, 0.2) is 5.41 Å². The van der Waals surface area contributed by atoms with Crippen LogP contribution < -0.4 is 0 Å². The molecule has 0 radical (unpaired) electrons. The maximum atomic E-state index is 12.5. The molecule has 1 fully saturated rings. The van der Waals surface area contributed by atoms with E-state index < -0.39 is 16.8 Å². The topological polar surface area (TPSA) is 50.1 Å². The highest BCUT2D eigenvalue weighted by molar-refractivity contribution is 5.89. The Kier molecular flexibility index (Phi) is 3.46. The molecule has 3 rings (SSSR count). The Labute approximate surface area is 130 Å². The first kappa shape index (κ1) is 14.3. The molecule has 0 bridgehead atoms. The predicted molar refractivity (Wildman–Crippen MR) is 83.0 cm³/mol. The number of ether oxygens (including phenoxy) is 1. The van der Waals surface area contributed by atoms with E-state index in [1.165, 1.54) is 0 Å². The number of carbonyl (C=O) groups is 1. The minimum absolute atomic E-state index is 0.280. The molecule has 0 aliphatic heterocycles. The van der Waals surface area contributed by atoms with E-state index in [2.05, 4.69) is 6.07 Å². The van der Waals surface area contributed by atoms with Crippen LogP contribution in [0, 0.1) is 16.7 Å². The number of nitriles is 1. The van der Waals surface area contributed by atoms with Gasteiger partial charge in [-0.05, 0) is 24.5 Å². The van der Waals surface area contributed by atoms with Gasteiger partial charge in [-0.1, -0.05) is 60.7 Å². The van der Waals surface area contributed by atoms with Crippen LogP contribution in [0.15, 0.2) is 60.7 Å². The Hall–Kier alpha value is -2.60. The first-order valence-corrected chi connectivity index (χ1v) is 7.41. The lowest BCUT2D eigenvalue weighted by molar-refractivity contribution is -0.147. The molecular weight excluding hydrogens is 274 g/mol. The van der Waals surface area contributed by atoms with Gasteiger partial charge in [0.05, 0.1) is 18.1 Å². The third-order valence-electron chi connectivity index (χ3n) is 4.48. The van der Waals surface area contributed by atoms with Crippen molar-refractivity contribution in [2.45, 2.75) is 18.8 Å². The number of benzene rings is 2. The zero-order valence-electron chi connectivity index (χ0n) is 12.5. The average molecular weight is 291 g/mol. The van der Waals surface area contributed by atoms with Crippen molar-refractivity contribution in [3.05, 3.63) is 71.8 Å². The normalized spacial score (nSPS) is 21.6. The molecule has 2 aromatic carbocycles. The summed E-state index contributed by atoms with van der Waals surface area (Å²) in [6, 6.07) is 21.8. The van der Waals surface area contributed by atoms with Crippen LogP contribution in [0.4, 0.5) is 0 Å². The molecule has 0 aromatic heterocycles. The summed E-state index contributed by atoms with van der Waals surface area (Å²) in [5.74, 6) is -0.426. The number of nitrogens with zero attached hydrogens (tertiary/aromatic N) is 1. The van der Waals surface area contributed by atoms with Gasteiger partial charge in [-0.25, -0.2) is 0 Å². The third kappa shape index (κ3) is 1.84. The fourth-order valence-corrected chi connectivity index (χ4v) is 3.34. The summed E-state index contributed by atoms with van der Waals surface area (Å²) in [4.78, 5) is 12.5. The molecule has 1 saturated carbocycles. The molecule has 110 valence electrons. The average Bonchev–Trinajstić information content (AvgIpc) is 3.29. The van der Waals surface area contributed by atoms with Crippen molar-refractivity contribution in [3.8, 4) is 6.07 Å². The number of carbonyl (C=O) groups excluding carboxylic acids is 1. The van der Waals surface area contributed by atoms with Crippen molar-refractivity contribution in [1.82, 2.24) is 0 Å². The minimum Gasteiger partial charge on any atom is -0.465 e. The molecule has 0 amide bonds. The van der Waals surface area contributed by atoms with Gasteiger partial charge < -0.3 is 4.74 Å². The maximum absolute atomic E-state index is 12.5. The Morgan fingerprint density at radius 1 is 1.09 bits per heavy atom. The highest BCUT2D eigenvalue weighted by Crippen LogP contribution is 2.68. The first-order valence-electron chi connectivity index (χ1n) is 7.41. The lowest BCUT2D eigenvalue weighted by atomic mass is 9.80. The van der Waals surface area contributed by atoms with Crippen molar-refractivity contribution in [1.29, 1.82) is 5.26 Å². The van der Waals surface area contributed by atoms with Crippen LogP contribution in [0.1, 0.15) is 24.5 Å². The molecule has 22 heavy (non-hydrogen) atoms. The van der Waals surface area contributed by atoms with Crippen molar-refractivity contribution >= 4 is 5.97 Å². The zero-order valence-corrected chi connectivity index (χ0v) is 12.5. The molecule has 3 heteroatoms. The molecule has 1 atom stereocenters. The fraction of sp³-hybridized carbons (Fsp3) is 0.263. The van der Waals surface area contributed by atoms with Gasteiger partial charge in [0, 0.05) is 0 Å². The molecule has 3 nitrogen and oxygen atoms in total. The van der Waals surface area contributed by atoms with Crippen LogP contribution in [0.3, 0.4) is 0 Å². The number of esters is 1. The lowest BCUT2D eigenvalue weighted by Gasteiger charge is -2.21. The van der Waals surface area contributed by atoms with E-state index in [-0.39, 0.29) is 6.61 Å². The Morgan fingerprint density at radius 2 is 1.59 bits per heavy atom. The minimum atomic E-state index is -1.13. The summed E-state index contributed by atoms with van der Waals surface area (Å²) < 4.78 is 5.20. The highest BCUT2D eigenvalue weighted by Gasteiger charge is 2.75. The first-order chi connectivity index (χ1) is 10.7. The number of hydrogen-bond donors (Lipinski definition) is 0. The highest BCUT2D eigenvalue weighted by atomic mass is 16.5. The van der Waals surface area contributed by atoms with Crippen molar-refractivity contribution in [2.75, 3.05) is 6.61 Å². The van der Waals surface area contributed by atoms with Crippen LogP contribution in [-0.4, -0.2) is 12.6 Å². The van der Waals surface area contributed by atoms with Crippen molar-refractivity contribution < 1.29 is 9.53 Å². The smallest absolute Gasteiger partial charge is 0.327 e. The second-order valence-electron chi connectivity index (χ2n) is 5.55. The van der Waals surface area contributed by atoms with Crippen molar-refractivity contribution in [3.63, 3.8) is 0 Å². The van der Waals surface area contributed by atoms with E-state index in [0.29, 0.717) is 6.42 Å². The molecule has 0 heterocycles. The second-order valence-corrected chi connectivity index (χ2v) is 5.55. The van der Waals surface area contributed by atoms with E-state index in [0.717, 1.165) is 11.1 Å². The van der Waals surface area contributed by atoms with E-state index in [1.54, 1.807) is 6.92 Å². The van der Waals surface area contributed by atoms with E-state index >= 15 is 0 Å². The van der Waals surface area contributed by atoms with Crippen LogP contribution in [0.25, 0.3) is 0 Å². The molecule has 0 spiro atoms. The summed E-state index contributed by atoms with van der Waals surface area (Å²) >= 11 is 0. The van der Waals surface area contributed by atoms with Gasteiger partial charge in [0.1, 0.15) is 0 Å². The van der Waals surface area contributed by atoms with Gasteiger partial charge in [-0.15, -0.1) is 0 Å². The quantitative estimate of drug-likeness (QED) is 0.811. The summed E-state index contributed by atoms with van der Waals surface area (Å²) in [6.45, 7) is 2.04. The Morgan fingerprint density at radius 3 is 2.00 bits per heavy atom. The van der Waals surface area contributed by atoms with Gasteiger partial charge in [0.25, 0.3) is 0 Å². The molecule has 1 aliphatic carbocycles. The maximum Gasteiger partial charge on any atom is 0.327 e. The van der Waals surface area contributed by atoms with Crippen LogP contribution in [0.2, 0.25) is 0 Å². The molecule has 0 saturated heterocycles. The van der Waals surface area contributed by atoms with Gasteiger partial charge in [0.2, 0.25) is 0 Å². The Bertz CT molecular complexity index is 679. The van der Waals surface area contributed by atoms with Crippen LogP contribution in [0.5, 0.6) is 0 Å². The Balaban J connectivity index is 2.16. The monoisotopic (exact) mass is 291 g/mol. The SMILES string of the molecule is CCOC(=O)[C@@]1(C#N)CC1(c1ccccc1)c1ccccc1. The largest absolute Gasteiger partial charge is 0.465 e. The molecule has 0 N–H and O–H groups in total. The van der Waals surface area contributed by atoms with Crippen LogP contribution >= 0.6 is 0 Å². The molecule has 2 aromatic rings. The number of rotatable bonds is 4. The van der Waals surface area contributed by atoms with Gasteiger partial charge in [-0.2, -0.15) is 5.26 Å². The standard InChI is InChI=1S/C19H17NO2/c1-2-22-17(21)18(14-20)13-19(18,15-9-5-3-6-10-15)16-11-7-4-8-12-16/h3-12H,2,13H2,1H3/t18-/m0/s1. The molecule has 1 aliphatic rings. The third-order valence-corrected chi connectivity index (χ3v) is 4.48. The fourth-order valence-electron chi connectivity index (χ4n) is 3.34. The van der Waals surface area contributed by atoms with Gasteiger partial charge in [-0.3, -0.25) is 4.79 Å². The summed E-state index contributed by atoms with van der Waals surface area (Å²) in [5, 5.41) is 9.76. The van der Waals surface area contributed by atoms with Crippen LogP contribution in [-0.2, 0) is 14.9 Å². The number of hydrogen-bond acceptors (Lipinski definition) is 3. The molecular formula is C19H17NO2. The van der Waals surface area contributed by atoms with Gasteiger partial charge >= 0.3 is 5.97 Å². The van der Waals surface area contributed by atoms with Crippen molar-refractivity contribution in [2.24, 2.45) is 5.41 Å². The summed E-state index contributed by atoms with van der Waals surface area (Å²) in [7, 11) is 0. The van der Waals surface area contributed by atoms with E-state index in [9.17, 15) is 10.1 Å².